The Morgan fingerprint density at radius 2 is 2.08 bits per heavy atom. The summed E-state index contributed by atoms with van der Waals surface area (Å²) >= 11 is 1.82. The van der Waals surface area contributed by atoms with Crippen LogP contribution in [0.2, 0.25) is 0 Å². The number of benzene rings is 1. The Morgan fingerprint density at radius 1 is 1.28 bits per heavy atom. The quantitative estimate of drug-likeness (QED) is 0.799. The molecule has 4 rings (SSSR count). The first-order valence-corrected chi connectivity index (χ1v) is 10.2. The van der Waals surface area contributed by atoms with Crippen molar-refractivity contribution in [3.8, 4) is 0 Å². The number of aliphatic imine (C=N–C) groups is 2. The number of hydrogen-bond donors (Lipinski definition) is 1. The van der Waals surface area contributed by atoms with Crippen LogP contribution in [0.5, 0.6) is 0 Å². The van der Waals surface area contributed by atoms with E-state index in [1.165, 1.54) is 21.7 Å². The van der Waals surface area contributed by atoms with E-state index in [9.17, 15) is 5.11 Å². The third kappa shape index (κ3) is 3.90. The van der Waals surface area contributed by atoms with Crippen molar-refractivity contribution < 1.29 is 5.11 Å². The summed E-state index contributed by atoms with van der Waals surface area (Å²) in [6.45, 7) is 4.40. The highest BCUT2D eigenvalue weighted by Crippen LogP contribution is 2.42. The average molecular weight is 355 g/mol. The summed E-state index contributed by atoms with van der Waals surface area (Å²) in [4.78, 5) is 10.5. The van der Waals surface area contributed by atoms with Crippen LogP contribution in [0, 0.1) is 12.8 Å². The number of aliphatic hydroxyl groups is 1. The fraction of sp³-hybridized carbons (Fsp3) is 0.524. The van der Waals surface area contributed by atoms with Crippen LogP contribution in [0.1, 0.15) is 56.6 Å². The van der Waals surface area contributed by atoms with E-state index < -0.39 is 5.60 Å². The van der Waals surface area contributed by atoms with Crippen LogP contribution in [-0.2, 0) is 0 Å². The van der Waals surface area contributed by atoms with Gasteiger partial charge < -0.3 is 5.11 Å². The molecule has 0 spiro atoms. The molecular weight excluding hydrogens is 328 g/mol. The van der Waals surface area contributed by atoms with E-state index in [1.807, 2.05) is 24.2 Å². The third-order valence-electron chi connectivity index (χ3n) is 5.39. The molecule has 0 radical (unpaired) electrons. The van der Waals surface area contributed by atoms with E-state index in [0.29, 0.717) is 0 Å². The zero-order valence-electron chi connectivity index (χ0n) is 15.0. The van der Waals surface area contributed by atoms with Gasteiger partial charge in [-0.05, 0) is 74.6 Å². The summed E-state index contributed by atoms with van der Waals surface area (Å²) in [6.07, 6.45) is 10.0. The Hall–Kier alpha value is -1.39. The van der Waals surface area contributed by atoms with Crippen molar-refractivity contribution in [3.05, 3.63) is 35.5 Å². The van der Waals surface area contributed by atoms with Gasteiger partial charge in [-0.2, -0.15) is 0 Å². The zero-order valence-corrected chi connectivity index (χ0v) is 15.9. The van der Waals surface area contributed by atoms with Crippen LogP contribution >= 0.6 is 11.8 Å². The second-order valence-corrected chi connectivity index (χ2v) is 9.26. The summed E-state index contributed by atoms with van der Waals surface area (Å²) in [7, 11) is 0. The molecule has 1 heterocycles. The fourth-order valence-corrected chi connectivity index (χ4v) is 5.05. The van der Waals surface area contributed by atoms with Gasteiger partial charge in [0.05, 0.1) is 11.3 Å². The maximum atomic E-state index is 10.4. The predicted octanol–water partition coefficient (Wildman–Crippen LogP) is 5.29. The molecule has 25 heavy (non-hydrogen) atoms. The molecule has 0 amide bonds. The van der Waals surface area contributed by atoms with Gasteiger partial charge in [0.15, 0.2) is 0 Å². The van der Waals surface area contributed by atoms with E-state index >= 15 is 0 Å². The summed E-state index contributed by atoms with van der Waals surface area (Å²) in [5, 5.41) is 10.7. The van der Waals surface area contributed by atoms with E-state index in [2.05, 4.69) is 37.0 Å². The molecule has 0 bridgehead atoms. The van der Waals surface area contributed by atoms with Crippen LogP contribution in [0.15, 0.2) is 34.4 Å². The van der Waals surface area contributed by atoms with Crippen molar-refractivity contribution in [3.63, 3.8) is 0 Å². The summed E-state index contributed by atoms with van der Waals surface area (Å²) in [5.41, 5.74) is 4.34. The molecule has 1 aromatic carbocycles. The molecule has 1 N–H and O–H groups in total. The highest BCUT2D eigenvalue weighted by Gasteiger charge is 2.37. The fourth-order valence-electron chi connectivity index (χ4n) is 3.82. The van der Waals surface area contributed by atoms with Crippen LogP contribution in [0.3, 0.4) is 0 Å². The second-order valence-electron chi connectivity index (χ2n) is 7.98. The van der Waals surface area contributed by atoms with Crippen molar-refractivity contribution >= 4 is 34.3 Å². The van der Waals surface area contributed by atoms with Crippen molar-refractivity contribution in [2.45, 2.75) is 63.2 Å². The second kappa shape index (κ2) is 6.73. The smallest absolute Gasteiger partial charge is 0.0662 e. The number of aryl methyl sites for hydroxylation is 1. The van der Waals surface area contributed by atoms with Crippen molar-refractivity contribution in [1.82, 2.24) is 0 Å². The monoisotopic (exact) mass is 354 g/mol. The normalized spacial score (nSPS) is 27.3. The van der Waals surface area contributed by atoms with Crippen molar-refractivity contribution in [1.29, 1.82) is 0 Å². The average Bonchev–Trinajstić information content (AvgIpc) is 2.52. The minimum Gasteiger partial charge on any atom is -0.390 e. The van der Waals surface area contributed by atoms with Crippen LogP contribution in [-0.4, -0.2) is 27.9 Å². The third-order valence-corrected chi connectivity index (χ3v) is 6.58. The molecule has 2 fully saturated rings. The Kier molecular flexibility index (Phi) is 4.59. The molecule has 0 saturated heterocycles. The maximum Gasteiger partial charge on any atom is 0.0662 e. The molecule has 0 aromatic heterocycles. The highest BCUT2D eigenvalue weighted by atomic mass is 32.2. The molecule has 1 atom stereocenters. The minimum absolute atomic E-state index is 0.257. The lowest BCUT2D eigenvalue weighted by Crippen LogP contribution is -2.39. The van der Waals surface area contributed by atoms with Gasteiger partial charge >= 0.3 is 0 Å². The van der Waals surface area contributed by atoms with E-state index in [4.69, 9.17) is 4.99 Å². The lowest BCUT2D eigenvalue weighted by molar-refractivity contribution is -0.0371. The molecule has 1 aliphatic heterocycles. The van der Waals surface area contributed by atoms with Gasteiger partial charge in [0.1, 0.15) is 0 Å². The standard InChI is InChI=1S/C21H26N2OS/c1-14-6-16(10-18(7-14)23-17-8-15(2)9-17)20-13-22-12-19(25-20)11-21(24)4-3-5-21/h6-7,10,12-13,15,19,24H,3-5,8-9,11H2,1-2H3. The maximum absolute atomic E-state index is 10.4. The Bertz CT molecular complexity index is 753. The topological polar surface area (TPSA) is 45.0 Å². The van der Waals surface area contributed by atoms with E-state index in [-0.39, 0.29) is 5.25 Å². The Labute approximate surface area is 154 Å². The van der Waals surface area contributed by atoms with Gasteiger partial charge in [0.2, 0.25) is 0 Å². The molecule has 2 saturated carbocycles. The van der Waals surface area contributed by atoms with Crippen LogP contribution in [0.25, 0.3) is 4.91 Å². The summed E-state index contributed by atoms with van der Waals surface area (Å²) in [5.74, 6) is 0.784. The number of hydrogen-bond acceptors (Lipinski definition) is 4. The molecule has 1 unspecified atom stereocenters. The summed E-state index contributed by atoms with van der Waals surface area (Å²) in [6, 6.07) is 6.55. The first-order chi connectivity index (χ1) is 12.0. The first kappa shape index (κ1) is 17.0. The first-order valence-electron chi connectivity index (χ1n) is 9.30. The summed E-state index contributed by atoms with van der Waals surface area (Å²) < 4.78 is 0. The molecule has 3 nitrogen and oxygen atoms in total. The van der Waals surface area contributed by atoms with Gasteiger partial charge in [-0.1, -0.05) is 13.0 Å². The number of nitrogens with zero attached hydrogens (tertiary/aromatic N) is 2. The largest absolute Gasteiger partial charge is 0.390 e. The van der Waals surface area contributed by atoms with Gasteiger partial charge in [0, 0.05) is 28.3 Å². The van der Waals surface area contributed by atoms with Crippen LogP contribution in [0.4, 0.5) is 5.69 Å². The lowest BCUT2D eigenvalue weighted by Gasteiger charge is -2.38. The molecule has 3 aliphatic rings. The molecule has 1 aromatic rings. The Balaban J connectivity index is 1.51. The number of rotatable bonds is 4. The highest BCUT2D eigenvalue weighted by molar-refractivity contribution is 8.09. The molecule has 4 heteroatoms. The van der Waals surface area contributed by atoms with Crippen molar-refractivity contribution in [2.24, 2.45) is 15.9 Å². The van der Waals surface area contributed by atoms with Gasteiger partial charge in [-0.3, -0.25) is 9.98 Å². The molecule has 2 aliphatic carbocycles. The predicted molar refractivity (Wildman–Crippen MR) is 108 cm³/mol. The Morgan fingerprint density at radius 3 is 2.76 bits per heavy atom. The van der Waals surface area contributed by atoms with Gasteiger partial charge in [-0.15, -0.1) is 11.8 Å². The van der Waals surface area contributed by atoms with Gasteiger partial charge in [-0.25, -0.2) is 0 Å². The molecular formula is C21H26N2OS. The van der Waals surface area contributed by atoms with E-state index in [1.54, 1.807) is 0 Å². The van der Waals surface area contributed by atoms with Crippen LogP contribution < -0.4 is 0 Å². The zero-order chi connectivity index (χ0) is 17.4. The molecule has 132 valence electrons. The SMILES string of the molecule is Cc1cc(N=C2CC(C)C2)cc(C2=CN=CC(CC3(O)CCC3)S2)c1. The number of thioether (sulfide) groups is 1. The minimum atomic E-state index is -0.462. The van der Waals surface area contributed by atoms with Gasteiger partial charge in [0.25, 0.3) is 0 Å². The lowest BCUT2D eigenvalue weighted by atomic mass is 9.77. The van der Waals surface area contributed by atoms with Crippen molar-refractivity contribution in [2.75, 3.05) is 0 Å². The van der Waals surface area contributed by atoms with E-state index in [0.717, 1.165) is 50.1 Å².